The van der Waals surface area contributed by atoms with E-state index >= 15 is 0 Å². The number of ether oxygens (including phenoxy) is 2. The minimum Gasteiger partial charge on any atom is -0.457 e. The second-order valence-corrected chi connectivity index (χ2v) is 12.8. The molecular formula is C33H50N4O5. The molecule has 42 heavy (non-hydrogen) atoms. The van der Waals surface area contributed by atoms with Crippen LogP contribution < -0.4 is 10.5 Å². The molecule has 2 aromatic carbocycles. The summed E-state index contributed by atoms with van der Waals surface area (Å²) in [6.07, 6.45) is 4.18. The van der Waals surface area contributed by atoms with E-state index in [0.717, 1.165) is 55.5 Å². The van der Waals surface area contributed by atoms with Gasteiger partial charge in [-0.05, 0) is 83.9 Å². The van der Waals surface area contributed by atoms with Crippen molar-refractivity contribution >= 4 is 6.09 Å². The summed E-state index contributed by atoms with van der Waals surface area (Å²) in [5.74, 6) is 1.22. The van der Waals surface area contributed by atoms with Gasteiger partial charge in [0.15, 0.2) is 0 Å². The van der Waals surface area contributed by atoms with Crippen molar-refractivity contribution < 1.29 is 24.2 Å². The lowest BCUT2D eigenvalue weighted by atomic mass is 9.74. The van der Waals surface area contributed by atoms with Gasteiger partial charge in [-0.3, -0.25) is 0 Å². The van der Waals surface area contributed by atoms with E-state index < -0.39 is 17.2 Å². The highest BCUT2D eigenvalue weighted by molar-refractivity contribution is 5.67. The quantitative estimate of drug-likeness (QED) is 0.330. The Morgan fingerprint density at radius 1 is 1.02 bits per heavy atom. The molecule has 2 saturated heterocycles. The molecule has 232 valence electrons. The summed E-state index contributed by atoms with van der Waals surface area (Å²) in [4.78, 5) is 19.6. The van der Waals surface area contributed by atoms with Gasteiger partial charge in [0.2, 0.25) is 0 Å². The number of unbranched alkanes of at least 4 members (excludes halogenated alkanes) is 1. The van der Waals surface area contributed by atoms with Gasteiger partial charge < -0.3 is 25.2 Å². The number of hydrogen-bond acceptors (Lipinski definition) is 8. The molecular weight excluding hydrogens is 532 g/mol. The number of hydrogen-bond donors (Lipinski definition) is 2. The summed E-state index contributed by atoms with van der Waals surface area (Å²) >= 11 is 0. The molecule has 3 N–H and O–H groups in total. The molecule has 0 unspecified atom stereocenters. The minimum atomic E-state index is -1.19. The number of hydroxylamine groups is 2. The minimum absolute atomic E-state index is 0.0390. The summed E-state index contributed by atoms with van der Waals surface area (Å²) < 4.78 is 11.7. The molecule has 2 aliphatic heterocycles. The maximum absolute atomic E-state index is 13.6. The fourth-order valence-electron chi connectivity index (χ4n) is 6.23. The third-order valence-electron chi connectivity index (χ3n) is 8.38. The Kier molecular flexibility index (Phi) is 10.9. The highest BCUT2D eigenvalue weighted by Crippen LogP contribution is 2.44. The van der Waals surface area contributed by atoms with Gasteiger partial charge in [-0.1, -0.05) is 36.4 Å². The molecule has 3 atom stereocenters. The number of carbonyl (C=O) groups is 1. The molecule has 2 heterocycles. The lowest BCUT2D eigenvalue weighted by Crippen LogP contribution is -2.57. The monoisotopic (exact) mass is 582 g/mol. The molecule has 9 heteroatoms. The van der Waals surface area contributed by atoms with E-state index in [1.165, 1.54) is 0 Å². The van der Waals surface area contributed by atoms with E-state index in [4.69, 9.17) is 20.0 Å². The number of methoxy groups -OCH3 is 1. The van der Waals surface area contributed by atoms with Crippen LogP contribution in [-0.2, 0) is 15.2 Å². The molecule has 9 nitrogen and oxygen atoms in total. The molecule has 2 fully saturated rings. The topological polar surface area (TPSA) is 101 Å². The van der Waals surface area contributed by atoms with Crippen LogP contribution in [0.1, 0.15) is 70.4 Å². The predicted octanol–water partition coefficient (Wildman–Crippen LogP) is 5.60. The van der Waals surface area contributed by atoms with Crippen molar-refractivity contribution in [3.05, 3.63) is 59.7 Å². The maximum Gasteiger partial charge on any atom is 0.444 e. The molecule has 2 aromatic rings. The summed E-state index contributed by atoms with van der Waals surface area (Å²) in [5.41, 5.74) is 6.28. The van der Waals surface area contributed by atoms with Gasteiger partial charge >= 0.3 is 6.09 Å². The standard InChI is InChI=1S/C33H50N4O5/c1-25-13-6-8-16-29(25)41-30-17-9-7-15-28(30)33(39,19-10-11-22-40-5)26-14-12-20-36(23-26)42-31(38)37(32(2,3)4)35-21-18-27(34)24-35/h6-9,13,15-17,26-27,39H,10-12,14,18-24,34H2,1-5H3/t26-,27+,33+/m1/s1. The highest BCUT2D eigenvalue weighted by atomic mass is 16.7. The fraction of sp³-hybridized carbons (Fsp3) is 0.606. The van der Waals surface area contributed by atoms with Gasteiger partial charge in [0, 0.05) is 57.4 Å². The third kappa shape index (κ3) is 7.82. The number of para-hydroxylation sites is 2. The predicted molar refractivity (Wildman–Crippen MR) is 164 cm³/mol. The van der Waals surface area contributed by atoms with Gasteiger partial charge in [-0.25, -0.2) is 14.8 Å². The molecule has 1 amide bonds. The molecule has 0 bridgehead atoms. The van der Waals surface area contributed by atoms with Crippen LogP contribution in [-0.4, -0.2) is 77.8 Å². The van der Waals surface area contributed by atoms with Crippen LogP contribution in [0.25, 0.3) is 0 Å². The second kappa shape index (κ2) is 14.2. The first kappa shape index (κ1) is 32.2. The zero-order valence-electron chi connectivity index (χ0n) is 26.1. The Morgan fingerprint density at radius 3 is 2.40 bits per heavy atom. The van der Waals surface area contributed by atoms with Gasteiger partial charge in [-0.2, -0.15) is 0 Å². The third-order valence-corrected chi connectivity index (χ3v) is 8.38. The highest BCUT2D eigenvalue weighted by Gasteiger charge is 2.44. The van der Waals surface area contributed by atoms with Crippen LogP contribution in [0.15, 0.2) is 48.5 Å². The normalized spacial score (nSPS) is 21.6. The number of nitrogens with two attached hydrogens (primary N) is 1. The summed E-state index contributed by atoms with van der Waals surface area (Å²) in [6.45, 7) is 11.0. The number of hydrazine groups is 1. The van der Waals surface area contributed by atoms with Gasteiger partial charge in [-0.15, -0.1) is 5.06 Å². The van der Waals surface area contributed by atoms with E-state index in [9.17, 15) is 9.90 Å². The van der Waals surface area contributed by atoms with E-state index in [1.54, 1.807) is 17.2 Å². The zero-order valence-corrected chi connectivity index (χ0v) is 26.1. The van der Waals surface area contributed by atoms with E-state index in [-0.39, 0.29) is 12.0 Å². The van der Waals surface area contributed by atoms with Crippen LogP contribution >= 0.6 is 0 Å². The molecule has 0 aliphatic carbocycles. The number of benzene rings is 2. The molecule has 0 saturated carbocycles. The second-order valence-electron chi connectivity index (χ2n) is 12.8. The smallest absolute Gasteiger partial charge is 0.444 e. The Hall–Kier alpha value is -2.69. The van der Waals surface area contributed by atoms with E-state index in [0.29, 0.717) is 38.4 Å². The first-order chi connectivity index (χ1) is 20.0. The van der Waals surface area contributed by atoms with Crippen LogP contribution in [0, 0.1) is 12.8 Å². The maximum atomic E-state index is 13.6. The van der Waals surface area contributed by atoms with Crippen LogP contribution in [0.2, 0.25) is 0 Å². The molecule has 2 aliphatic rings. The molecule has 4 rings (SSSR count). The Labute approximate surface area is 251 Å². The number of aryl methyl sites for hydroxylation is 1. The largest absolute Gasteiger partial charge is 0.457 e. The zero-order chi connectivity index (χ0) is 30.3. The van der Waals surface area contributed by atoms with Crippen molar-refractivity contribution in [1.82, 2.24) is 15.1 Å². The lowest BCUT2D eigenvalue weighted by molar-refractivity contribution is -0.183. The van der Waals surface area contributed by atoms with Crippen LogP contribution in [0.4, 0.5) is 4.79 Å². The number of carbonyl (C=O) groups excluding carboxylic acids is 1. The van der Waals surface area contributed by atoms with Crippen LogP contribution in [0.5, 0.6) is 11.5 Å². The van der Waals surface area contributed by atoms with Crippen molar-refractivity contribution in [1.29, 1.82) is 0 Å². The Bertz CT molecular complexity index is 1170. The van der Waals surface area contributed by atoms with Crippen molar-refractivity contribution in [2.24, 2.45) is 11.7 Å². The van der Waals surface area contributed by atoms with Gasteiger partial charge in [0.25, 0.3) is 0 Å². The van der Waals surface area contributed by atoms with Crippen molar-refractivity contribution in [2.45, 2.75) is 83.4 Å². The number of aliphatic hydroxyl groups is 1. The van der Waals surface area contributed by atoms with Gasteiger partial charge in [0.1, 0.15) is 11.5 Å². The molecule has 0 radical (unpaired) electrons. The Balaban J connectivity index is 1.57. The van der Waals surface area contributed by atoms with Crippen molar-refractivity contribution in [3.63, 3.8) is 0 Å². The lowest BCUT2D eigenvalue weighted by Gasteiger charge is -2.44. The number of piperidine rings is 1. The first-order valence-corrected chi connectivity index (χ1v) is 15.3. The SMILES string of the molecule is COCCCC[C@@](O)(c1ccccc1Oc1ccccc1C)[C@@H]1CCCN(OC(=O)N(N2CC[C@H](N)C2)C(C)(C)C)C1. The average molecular weight is 583 g/mol. The number of amides is 1. The molecule has 0 spiro atoms. The fourth-order valence-corrected chi connectivity index (χ4v) is 6.23. The number of rotatable bonds is 11. The Morgan fingerprint density at radius 2 is 1.74 bits per heavy atom. The molecule has 0 aromatic heterocycles. The van der Waals surface area contributed by atoms with Crippen molar-refractivity contribution in [2.75, 3.05) is 39.9 Å². The first-order valence-electron chi connectivity index (χ1n) is 15.3. The summed E-state index contributed by atoms with van der Waals surface area (Å²) in [7, 11) is 1.70. The van der Waals surface area contributed by atoms with E-state index in [1.807, 2.05) is 81.2 Å². The summed E-state index contributed by atoms with van der Waals surface area (Å²) in [6, 6.07) is 15.7. The van der Waals surface area contributed by atoms with Crippen LogP contribution in [0.3, 0.4) is 0 Å². The van der Waals surface area contributed by atoms with Crippen molar-refractivity contribution in [3.8, 4) is 11.5 Å². The van der Waals surface area contributed by atoms with Gasteiger partial charge in [0.05, 0.1) is 11.1 Å². The average Bonchev–Trinajstić information content (AvgIpc) is 3.37. The van der Waals surface area contributed by atoms with E-state index in [2.05, 4.69) is 0 Å². The number of nitrogens with zero attached hydrogens (tertiary/aromatic N) is 3. The summed E-state index contributed by atoms with van der Waals surface area (Å²) in [5, 5.41) is 18.0.